The molecule has 220 valence electrons. The summed E-state index contributed by atoms with van der Waals surface area (Å²) in [4.78, 5) is 44.2. The molecule has 0 spiro atoms. The van der Waals surface area contributed by atoms with Gasteiger partial charge in [0.25, 0.3) is 0 Å². The van der Waals surface area contributed by atoms with E-state index in [9.17, 15) is 9.59 Å². The average molecular weight is 585 g/mol. The lowest BCUT2D eigenvalue weighted by Crippen LogP contribution is -2.49. The number of hydrogen-bond donors (Lipinski definition) is 0. The second kappa shape index (κ2) is 10.3. The third-order valence-corrected chi connectivity index (χ3v) is 8.58. The van der Waals surface area contributed by atoms with Crippen molar-refractivity contribution in [3.8, 4) is 17.0 Å². The number of ether oxygens (including phenoxy) is 1. The molecule has 0 radical (unpaired) electrons. The van der Waals surface area contributed by atoms with Crippen LogP contribution in [0.3, 0.4) is 0 Å². The van der Waals surface area contributed by atoms with E-state index in [-0.39, 0.29) is 59.1 Å². The van der Waals surface area contributed by atoms with Crippen LogP contribution in [0.25, 0.3) is 28.0 Å². The normalized spacial score (nSPS) is 22.5. The summed E-state index contributed by atoms with van der Waals surface area (Å²) in [5.41, 5.74) is 0.461. The second-order valence-electron chi connectivity index (χ2n) is 11.5. The summed E-state index contributed by atoms with van der Waals surface area (Å²) in [6, 6.07) is 5.48. The zero-order valence-corrected chi connectivity index (χ0v) is 23.8. The predicted octanol–water partition coefficient (Wildman–Crippen LogP) is 4.58. The fourth-order valence-electron chi connectivity index (χ4n) is 6.52. The summed E-state index contributed by atoms with van der Waals surface area (Å²) in [7, 11) is 0. The highest BCUT2D eigenvalue weighted by Crippen LogP contribution is 2.43. The van der Waals surface area contributed by atoms with E-state index in [1.807, 2.05) is 30.9 Å². The first-order valence-electron chi connectivity index (χ1n) is 14.5. The van der Waals surface area contributed by atoms with Crippen molar-refractivity contribution in [3.05, 3.63) is 76.9 Å². The number of amides is 1. The molecule has 0 N–H and O–H groups in total. The van der Waals surface area contributed by atoms with Gasteiger partial charge in [-0.15, -0.1) is 0 Å². The minimum Gasteiger partial charge on any atom is -0.493 e. The number of carbonyl (C=O) groups excluding carboxylic acids is 1. The first kappa shape index (κ1) is 27.2. The maximum atomic E-state index is 16.1. The molecule has 2 fully saturated rings. The average Bonchev–Trinajstić information content (AvgIpc) is 3.80. The van der Waals surface area contributed by atoms with Gasteiger partial charge in [-0.2, -0.15) is 4.98 Å². The van der Waals surface area contributed by atoms with Gasteiger partial charge < -0.3 is 14.5 Å². The summed E-state index contributed by atoms with van der Waals surface area (Å²) in [6.45, 7) is 8.56. The smallest absolute Gasteiger partial charge is 0.355 e. The van der Waals surface area contributed by atoms with Crippen molar-refractivity contribution in [1.29, 1.82) is 0 Å². The molecule has 4 aliphatic rings. The van der Waals surface area contributed by atoms with Crippen LogP contribution in [0.1, 0.15) is 26.7 Å². The van der Waals surface area contributed by atoms with E-state index in [0.29, 0.717) is 48.5 Å². The molecule has 43 heavy (non-hydrogen) atoms. The minimum absolute atomic E-state index is 0.0520. The molecule has 9 nitrogen and oxygen atoms in total. The first-order valence-corrected chi connectivity index (χ1v) is 14.5. The maximum Gasteiger partial charge on any atom is 0.355 e. The van der Waals surface area contributed by atoms with Gasteiger partial charge in [0.15, 0.2) is 11.5 Å². The van der Waals surface area contributed by atoms with E-state index in [1.165, 1.54) is 28.8 Å². The number of allylic oxidation sites excluding steroid dienone is 4. The van der Waals surface area contributed by atoms with Gasteiger partial charge in [-0.25, -0.2) is 23.1 Å². The topological polar surface area (TPSA) is 92.9 Å². The number of piperazine rings is 1. The lowest BCUT2D eigenvalue weighted by atomic mass is 9.95. The van der Waals surface area contributed by atoms with Gasteiger partial charge in [0, 0.05) is 25.2 Å². The molecule has 3 aromatic rings. The molecule has 3 atom stereocenters. The number of aliphatic imine (C=N–C) groups is 1. The van der Waals surface area contributed by atoms with Gasteiger partial charge in [-0.1, -0.05) is 32.6 Å². The van der Waals surface area contributed by atoms with Gasteiger partial charge in [-0.3, -0.25) is 9.79 Å². The molecule has 1 aliphatic carbocycles. The Morgan fingerprint density at radius 1 is 1.16 bits per heavy atom. The lowest BCUT2D eigenvalue weighted by Gasteiger charge is -2.35. The highest BCUT2D eigenvalue weighted by molar-refractivity contribution is 5.93. The molecule has 1 aromatic carbocycles. The van der Waals surface area contributed by atoms with Gasteiger partial charge in [-0.05, 0) is 49.1 Å². The first-order chi connectivity index (χ1) is 20.8. The number of aromatic nitrogens is 3. The molecular weight excluding hydrogens is 554 g/mol. The number of carbonyl (C=O) groups is 1. The van der Waals surface area contributed by atoms with Crippen molar-refractivity contribution in [2.24, 2.45) is 16.8 Å². The van der Waals surface area contributed by atoms with Crippen LogP contribution in [0.15, 0.2) is 64.6 Å². The molecule has 1 amide bonds. The van der Waals surface area contributed by atoms with Crippen molar-refractivity contribution in [3.63, 3.8) is 0 Å². The quantitative estimate of drug-likeness (QED) is 0.419. The molecule has 1 saturated carbocycles. The van der Waals surface area contributed by atoms with Crippen LogP contribution in [0, 0.1) is 23.5 Å². The minimum atomic E-state index is -0.767. The van der Waals surface area contributed by atoms with E-state index >= 15 is 8.78 Å². The summed E-state index contributed by atoms with van der Waals surface area (Å²) < 4.78 is 38.9. The van der Waals surface area contributed by atoms with Gasteiger partial charge in [0.05, 0.1) is 41.0 Å². The van der Waals surface area contributed by atoms with Crippen LogP contribution in [-0.2, 0) is 4.79 Å². The van der Waals surface area contributed by atoms with E-state index in [2.05, 4.69) is 16.6 Å². The van der Waals surface area contributed by atoms with Crippen LogP contribution < -0.4 is 15.3 Å². The third-order valence-electron chi connectivity index (χ3n) is 8.58. The number of fused-ring (bicyclic) bond motifs is 6. The molecule has 5 heterocycles. The Morgan fingerprint density at radius 3 is 2.79 bits per heavy atom. The second-order valence-corrected chi connectivity index (χ2v) is 11.5. The molecule has 7 rings (SSSR count). The number of pyridine rings is 1. The Balaban J connectivity index is 1.53. The van der Waals surface area contributed by atoms with Crippen molar-refractivity contribution in [1.82, 2.24) is 19.4 Å². The van der Waals surface area contributed by atoms with Crippen molar-refractivity contribution < 1.29 is 18.3 Å². The van der Waals surface area contributed by atoms with Crippen LogP contribution in [-0.4, -0.2) is 63.3 Å². The highest BCUT2D eigenvalue weighted by Gasteiger charge is 2.51. The summed E-state index contributed by atoms with van der Waals surface area (Å²) in [6.07, 6.45) is 7.91. The number of benzene rings is 1. The maximum absolute atomic E-state index is 16.1. The molecule has 11 heteroatoms. The zero-order chi connectivity index (χ0) is 30.0. The largest absolute Gasteiger partial charge is 0.493 e. The molecule has 2 aromatic heterocycles. The van der Waals surface area contributed by atoms with Crippen molar-refractivity contribution in [2.75, 3.05) is 24.6 Å². The number of anilines is 1. The Kier molecular flexibility index (Phi) is 6.48. The fourth-order valence-corrected chi connectivity index (χ4v) is 6.52. The predicted molar refractivity (Wildman–Crippen MR) is 160 cm³/mol. The van der Waals surface area contributed by atoms with Crippen LogP contribution in [0.2, 0.25) is 0 Å². The monoisotopic (exact) mass is 584 g/mol. The summed E-state index contributed by atoms with van der Waals surface area (Å²) in [5, 5.41) is 0.319. The summed E-state index contributed by atoms with van der Waals surface area (Å²) in [5.74, 6) is -1.52. The van der Waals surface area contributed by atoms with E-state index in [4.69, 9.17) is 9.72 Å². The molecule has 3 aliphatic heterocycles. The van der Waals surface area contributed by atoms with E-state index in [1.54, 1.807) is 17.2 Å². The third kappa shape index (κ3) is 4.36. The number of nitrogens with zero attached hydrogens (tertiary/aromatic N) is 6. The Morgan fingerprint density at radius 2 is 2.00 bits per heavy atom. The Labute approximate surface area is 246 Å². The SMILES string of the molecule is C=CC(=O)N1CCN(c2nc(=O)n3c4nc(c(F)cc24)-c2c(F)cccc2OCCC2C=CC=NC(C(C)C)=C23)C2C[C@H]21. The standard InChI is InChI=1S/C32H30F2N6O3/c1-4-25(41)38-12-13-39(23-16-22(23)38)30-19-15-21(34)28-26-20(33)8-5-9-24(26)43-14-10-18-7-6-11-35-27(17(2)3)29(18)40(31(19)36-28)32(42)37-30/h4-9,11,15,17-18,22-23H,1,10,12-14,16H2,2-3H3/t18?,22-,23?/m1/s1. The Hall–Kier alpha value is -4.67. The number of halogens is 2. The van der Waals surface area contributed by atoms with Crippen LogP contribution in [0.4, 0.5) is 14.6 Å². The fraction of sp³-hybridized carbons (Fsp3) is 0.344. The molecule has 1 saturated heterocycles. The molecule has 2 unspecified atom stereocenters. The van der Waals surface area contributed by atoms with Gasteiger partial charge in [0.2, 0.25) is 5.91 Å². The number of rotatable bonds is 3. The molecule has 2 bridgehead atoms. The van der Waals surface area contributed by atoms with Crippen molar-refractivity contribution >= 4 is 34.7 Å². The van der Waals surface area contributed by atoms with Crippen molar-refractivity contribution in [2.45, 2.75) is 38.8 Å². The zero-order valence-electron chi connectivity index (χ0n) is 23.8. The van der Waals surface area contributed by atoms with Crippen LogP contribution >= 0.6 is 0 Å². The highest BCUT2D eigenvalue weighted by atomic mass is 19.1. The van der Waals surface area contributed by atoms with E-state index in [0.717, 1.165) is 0 Å². The van der Waals surface area contributed by atoms with E-state index < -0.39 is 17.3 Å². The van der Waals surface area contributed by atoms with Gasteiger partial charge >= 0.3 is 5.69 Å². The number of hydrogen-bond acceptors (Lipinski definition) is 7. The van der Waals surface area contributed by atoms with Gasteiger partial charge in [0.1, 0.15) is 23.1 Å². The Bertz CT molecular complexity index is 1840. The van der Waals surface area contributed by atoms with Crippen LogP contribution in [0.5, 0.6) is 5.75 Å². The summed E-state index contributed by atoms with van der Waals surface area (Å²) >= 11 is 0. The lowest BCUT2D eigenvalue weighted by molar-refractivity contribution is -0.126. The molecular formula is C32H30F2N6O3.